The molecule has 4 saturated carbocycles. The fraction of sp³-hybridized carbons (Fsp3) is 0.762. The number of amides is 1. The van der Waals surface area contributed by atoms with Crippen LogP contribution >= 0.6 is 0 Å². The van der Waals surface area contributed by atoms with Crippen molar-refractivity contribution in [2.24, 2.45) is 24.8 Å². The summed E-state index contributed by atoms with van der Waals surface area (Å²) in [5, 5.41) is 3.54. The summed E-state index contributed by atoms with van der Waals surface area (Å²) >= 11 is 0. The zero-order valence-electron chi connectivity index (χ0n) is 15.4. The molecule has 4 aliphatic carbocycles. The lowest BCUT2D eigenvalue weighted by Gasteiger charge is -2.57. The van der Waals surface area contributed by atoms with Gasteiger partial charge in [0.2, 0.25) is 5.91 Å². The third-order valence-corrected chi connectivity index (χ3v) is 7.48. The average molecular weight is 341 g/mol. The molecule has 1 amide bonds. The average Bonchev–Trinajstić information content (AvgIpc) is 3.13. The van der Waals surface area contributed by atoms with Crippen LogP contribution in [0.25, 0.3) is 0 Å². The van der Waals surface area contributed by atoms with Gasteiger partial charge in [0, 0.05) is 24.5 Å². The number of carbonyl (C=O) groups is 1. The van der Waals surface area contributed by atoms with E-state index in [1.54, 1.807) is 0 Å². The van der Waals surface area contributed by atoms with Gasteiger partial charge in [0.1, 0.15) is 0 Å². The van der Waals surface area contributed by atoms with Crippen molar-refractivity contribution in [3.63, 3.8) is 0 Å². The Morgan fingerprint density at radius 2 is 1.88 bits per heavy atom. The minimum atomic E-state index is 0.145. The first-order valence-corrected chi connectivity index (χ1v) is 10.3. The normalized spacial score (nSPS) is 39.9. The maximum Gasteiger partial charge on any atom is 0.234 e. The van der Waals surface area contributed by atoms with E-state index in [0.29, 0.717) is 12.6 Å². The molecule has 0 aromatic carbocycles. The Morgan fingerprint density at radius 1 is 1.20 bits per heavy atom. The smallest absolute Gasteiger partial charge is 0.234 e. The van der Waals surface area contributed by atoms with Gasteiger partial charge in [0.15, 0.2) is 0 Å². The number of nitrogens with zero attached hydrogens (tertiary/aromatic N) is 2. The molecule has 1 aliphatic heterocycles. The second-order valence-corrected chi connectivity index (χ2v) is 9.42. The summed E-state index contributed by atoms with van der Waals surface area (Å²) in [6, 6.07) is 4.73. The van der Waals surface area contributed by atoms with Crippen molar-refractivity contribution in [1.82, 2.24) is 14.8 Å². The zero-order valence-corrected chi connectivity index (χ0v) is 15.4. The SMILES string of the molecule is Cn1cccc1[C@H]1CCCN1CC(=O)NC12CC3CC(CC(C3)C1)C2. The van der Waals surface area contributed by atoms with Gasteiger partial charge in [0.25, 0.3) is 0 Å². The number of hydrogen-bond donors (Lipinski definition) is 1. The first-order chi connectivity index (χ1) is 12.1. The lowest BCUT2D eigenvalue weighted by Crippen LogP contribution is -2.60. The second kappa shape index (κ2) is 5.87. The van der Waals surface area contributed by atoms with Crippen molar-refractivity contribution in [2.45, 2.75) is 62.9 Å². The maximum absolute atomic E-state index is 12.9. The van der Waals surface area contributed by atoms with Crippen LogP contribution in [0.5, 0.6) is 0 Å². The molecule has 1 N–H and O–H groups in total. The number of carbonyl (C=O) groups excluding carboxylic acids is 1. The van der Waals surface area contributed by atoms with Gasteiger partial charge in [-0.2, -0.15) is 0 Å². The number of aryl methyl sites for hydroxylation is 1. The van der Waals surface area contributed by atoms with Gasteiger partial charge in [-0.05, 0) is 87.8 Å². The first-order valence-electron chi connectivity index (χ1n) is 10.3. The summed E-state index contributed by atoms with van der Waals surface area (Å²) in [4.78, 5) is 15.3. The molecule has 0 unspecified atom stereocenters. The van der Waals surface area contributed by atoms with E-state index in [1.165, 1.54) is 57.1 Å². The van der Waals surface area contributed by atoms with Crippen LogP contribution in [-0.4, -0.2) is 34.0 Å². The summed E-state index contributed by atoms with van der Waals surface area (Å²) in [7, 11) is 2.11. The number of likely N-dealkylation sites (tertiary alicyclic amines) is 1. The van der Waals surface area contributed by atoms with Crippen molar-refractivity contribution >= 4 is 5.91 Å². The molecular formula is C21H31N3O. The van der Waals surface area contributed by atoms with Crippen LogP contribution in [0.15, 0.2) is 18.3 Å². The summed E-state index contributed by atoms with van der Waals surface area (Å²) in [6.45, 7) is 1.61. The van der Waals surface area contributed by atoms with E-state index in [2.05, 4.69) is 40.2 Å². The van der Waals surface area contributed by atoms with E-state index in [-0.39, 0.29) is 11.4 Å². The molecular weight excluding hydrogens is 310 g/mol. The van der Waals surface area contributed by atoms with E-state index in [9.17, 15) is 4.79 Å². The first kappa shape index (κ1) is 15.9. The topological polar surface area (TPSA) is 37.3 Å². The van der Waals surface area contributed by atoms with Crippen LogP contribution in [0.3, 0.4) is 0 Å². The summed E-state index contributed by atoms with van der Waals surface area (Å²) < 4.78 is 2.21. The van der Waals surface area contributed by atoms with Gasteiger partial charge < -0.3 is 9.88 Å². The standard InChI is InChI=1S/C21H31N3O/c1-23-6-2-4-18(23)19-5-3-7-24(19)14-20(25)22-21-11-15-8-16(12-21)10-17(9-15)13-21/h2,4,6,15-17,19H,3,5,7-14H2,1H3,(H,22,25)/t15?,16?,17?,19-,21?/m1/s1. The number of rotatable bonds is 4. The molecule has 136 valence electrons. The Hall–Kier alpha value is -1.29. The highest BCUT2D eigenvalue weighted by molar-refractivity contribution is 5.79. The Bertz CT molecular complexity index is 629. The van der Waals surface area contributed by atoms with Crippen LogP contribution in [0, 0.1) is 17.8 Å². The predicted molar refractivity (Wildman–Crippen MR) is 98.0 cm³/mol. The summed E-state index contributed by atoms with van der Waals surface area (Å²) in [5.41, 5.74) is 1.49. The molecule has 4 nitrogen and oxygen atoms in total. The second-order valence-electron chi connectivity index (χ2n) is 9.42. The van der Waals surface area contributed by atoms with E-state index >= 15 is 0 Å². The zero-order chi connectivity index (χ0) is 17.0. The molecule has 4 heteroatoms. The van der Waals surface area contributed by atoms with Gasteiger partial charge in [-0.25, -0.2) is 0 Å². The molecule has 2 heterocycles. The largest absolute Gasteiger partial charge is 0.353 e. The van der Waals surface area contributed by atoms with Crippen LogP contribution in [0.2, 0.25) is 0 Å². The quantitative estimate of drug-likeness (QED) is 0.913. The molecule has 5 aliphatic rings. The van der Waals surface area contributed by atoms with Gasteiger partial charge in [-0.3, -0.25) is 9.69 Å². The summed E-state index contributed by atoms with van der Waals surface area (Å²) in [6.07, 6.45) is 12.5. The highest BCUT2D eigenvalue weighted by Crippen LogP contribution is 2.55. The van der Waals surface area contributed by atoms with E-state index < -0.39 is 0 Å². The molecule has 1 aromatic heterocycles. The van der Waals surface area contributed by atoms with Crippen LogP contribution in [0.1, 0.15) is 63.1 Å². The molecule has 6 rings (SSSR count). The van der Waals surface area contributed by atoms with Crippen molar-refractivity contribution in [3.8, 4) is 0 Å². The fourth-order valence-corrected chi connectivity index (χ4v) is 6.95. The third kappa shape index (κ3) is 2.83. The molecule has 0 spiro atoms. The lowest BCUT2D eigenvalue weighted by molar-refractivity contribution is -0.128. The number of hydrogen-bond acceptors (Lipinski definition) is 2. The van der Waals surface area contributed by atoms with Crippen molar-refractivity contribution < 1.29 is 4.79 Å². The Labute approximate surface area is 151 Å². The van der Waals surface area contributed by atoms with Crippen molar-refractivity contribution in [3.05, 3.63) is 24.0 Å². The minimum Gasteiger partial charge on any atom is -0.353 e. The van der Waals surface area contributed by atoms with Gasteiger partial charge >= 0.3 is 0 Å². The molecule has 25 heavy (non-hydrogen) atoms. The Kier molecular flexibility index (Phi) is 3.74. The van der Waals surface area contributed by atoms with Crippen LogP contribution in [0.4, 0.5) is 0 Å². The highest BCUT2D eigenvalue weighted by atomic mass is 16.2. The number of aromatic nitrogens is 1. The molecule has 1 aromatic rings. The third-order valence-electron chi connectivity index (χ3n) is 7.48. The summed E-state index contributed by atoms with van der Waals surface area (Å²) in [5.74, 6) is 2.92. The van der Waals surface area contributed by atoms with Crippen molar-refractivity contribution in [2.75, 3.05) is 13.1 Å². The van der Waals surface area contributed by atoms with Gasteiger partial charge in [-0.1, -0.05) is 0 Å². The van der Waals surface area contributed by atoms with E-state index in [0.717, 1.165) is 24.3 Å². The highest BCUT2D eigenvalue weighted by Gasteiger charge is 2.51. The van der Waals surface area contributed by atoms with Crippen LogP contribution in [-0.2, 0) is 11.8 Å². The van der Waals surface area contributed by atoms with Crippen LogP contribution < -0.4 is 5.32 Å². The monoisotopic (exact) mass is 341 g/mol. The molecule has 5 fully saturated rings. The Balaban J connectivity index is 1.26. The maximum atomic E-state index is 12.9. The van der Waals surface area contributed by atoms with E-state index in [1.807, 2.05) is 0 Å². The minimum absolute atomic E-state index is 0.145. The predicted octanol–water partition coefficient (Wildman–Crippen LogP) is 3.25. The molecule has 0 radical (unpaired) electrons. The molecule has 4 bridgehead atoms. The van der Waals surface area contributed by atoms with Gasteiger partial charge in [-0.15, -0.1) is 0 Å². The van der Waals surface area contributed by atoms with Crippen molar-refractivity contribution in [1.29, 1.82) is 0 Å². The molecule has 1 atom stereocenters. The lowest BCUT2D eigenvalue weighted by atomic mass is 9.53. The van der Waals surface area contributed by atoms with Gasteiger partial charge in [0.05, 0.1) is 12.6 Å². The molecule has 1 saturated heterocycles. The Morgan fingerprint density at radius 3 is 2.48 bits per heavy atom. The fourth-order valence-electron chi connectivity index (χ4n) is 6.95. The number of nitrogens with one attached hydrogen (secondary N) is 1. The van der Waals surface area contributed by atoms with E-state index in [4.69, 9.17) is 0 Å².